The van der Waals surface area contributed by atoms with Gasteiger partial charge in [-0.2, -0.15) is 0 Å². The second-order valence-corrected chi connectivity index (χ2v) is 6.34. The van der Waals surface area contributed by atoms with Gasteiger partial charge in [0.25, 0.3) is 5.91 Å². The fraction of sp³-hybridized carbons (Fsp3) is 0.286. The third-order valence-electron chi connectivity index (χ3n) is 2.54. The van der Waals surface area contributed by atoms with Gasteiger partial charge in [-0.1, -0.05) is 18.2 Å². The van der Waals surface area contributed by atoms with E-state index in [1.807, 2.05) is 25.1 Å². The highest BCUT2D eigenvalue weighted by Gasteiger charge is 2.11. The van der Waals surface area contributed by atoms with E-state index in [0.29, 0.717) is 12.2 Å². The molecule has 20 heavy (non-hydrogen) atoms. The van der Waals surface area contributed by atoms with Crippen LogP contribution in [-0.4, -0.2) is 23.2 Å². The molecule has 0 fully saturated rings. The summed E-state index contributed by atoms with van der Waals surface area (Å²) in [5, 5.41) is 5.40. The van der Waals surface area contributed by atoms with Crippen LogP contribution in [0.15, 0.2) is 40.6 Å². The van der Waals surface area contributed by atoms with Crippen molar-refractivity contribution in [2.24, 2.45) is 5.73 Å². The minimum atomic E-state index is -0.137. The zero-order chi connectivity index (χ0) is 14.4. The Balaban J connectivity index is 1.75. The van der Waals surface area contributed by atoms with Crippen molar-refractivity contribution in [3.8, 4) is 0 Å². The Morgan fingerprint density at radius 3 is 2.85 bits per heavy atom. The number of amides is 1. The molecule has 0 radical (unpaired) electrons. The number of hydrogen-bond donors (Lipinski definition) is 2. The average Bonchev–Trinajstić information content (AvgIpc) is 2.94. The Morgan fingerprint density at radius 2 is 2.20 bits per heavy atom. The van der Waals surface area contributed by atoms with E-state index in [0.717, 1.165) is 10.8 Å². The summed E-state index contributed by atoms with van der Waals surface area (Å²) in [6.45, 7) is 2.47. The molecule has 1 amide bonds. The number of carbonyl (C=O) groups excluding carboxylic acids is 1. The predicted molar refractivity (Wildman–Crippen MR) is 84.2 cm³/mol. The highest BCUT2D eigenvalue weighted by atomic mass is 32.2. The first-order chi connectivity index (χ1) is 9.66. The van der Waals surface area contributed by atoms with Gasteiger partial charge in [0, 0.05) is 22.6 Å². The molecule has 2 aromatic rings. The molecule has 6 heteroatoms. The van der Waals surface area contributed by atoms with E-state index in [2.05, 4.69) is 22.4 Å². The van der Waals surface area contributed by atoms with Crippen LogP contribution in [-0.2, 0) is 0 Å². The highest BCUT2D eigenvalue weighted by molar-refractivity contribution is 7.99. The summed E-state index contributed by atoms with van der Waals surface area (Å²) in [5.74, 6) is 0.696. The Morgan fingerprint density at radius 1 is 1.45 bits per heavy atom. The lowest BCUT2D eigenvalue weighted by molar-refractivity contribution is 0.0951. The number of nitrogens with two attached hydrogens (primary N) is 1. The first-order valence-electron chi connectivity index (χ1n) is 6.34. The van der Waals surface area contributed by atoms with Crippen LogP contribution in [0.2, 0.25) is 0 Å². The fourth-order valence-corrected chi connectivity index (χ4v) is 3.09. The summed E-state index contributed by atoms with van der Waals surface area (Å²) in [5.41, 5.74) is 6.18. The summed E-state index contributed by atoms with van der Waals surface area (Å²) >= 11 is 3.14. The zero-order valence-electron chi connectivity index (χ0n) is 11.2. The number of hydrogen-bond acceptors (Lipinski definition) is 5. The van der Waals surface area contributed by atoms with Crippen molar-refractivity contribution in [3.05, 3.63) is 46.4 Å². The molecule has 2 rings (SSSR count). The van der Waals surface area contributed by atoms with Gasteiger partial charge in [0.1, 0.15) is 10.7 Å². The van der Waals surface area contributed by atoms with E-state index in [9.17, 15) is 4.79 Å². The Hall–Kier alpha value is -1.37. The lowest BCUT2D eigenvalue weighted by Gasteiger charge is -2.03. The van der Waals surface area contributed by atoms with Gasteiger partial charge < -0.3 is 11.1 Å². The third kappa shape index (κ3) is 4.33. The maximum absolute atomic E-state index is 11.9. The highest BCUT2D eigenvalue weighted by Crippen LogP contribution is 2.17. The van der Waals surface area contributed by atoms with Crippen LogP contribution in [0, 0.1) is 0 Å². The molecule has 1 unspecified atom stereocenters. The molecule has 3 N–H and O–H groups in total. The summed E-state index contributed by atoms with van der Waals surface area (Å²) in [6, 6.07) is 9.99. The zero-order valence-corrected chi connectivity index (χ0v) is 12.8. The number of thiazole rings is 1. The molecule has 106 valence electrons. The van der Waals surface area contributed by atoms with E-state index in [-0.39, 0.29) is 11.9 Å². The van der Waals surface area contributed by atoms with Crippen molar-refractivity contribution in [1.82, 2.24) is 10.3 Å². The normalized spacial score (nSPS) is 12.1. The van der Waals surface area contributed by atoms with Gasteiger partial charge in [0.05, 0.1) is 6.04 Å². The van der Waals surface area contributed by atoms with Gasteiger partial charge in [0.2, 0.25) is 0 Å². The second-order valence-electron chi connectivity index (χ2n) is 4.28. The van der Waals surface area contributed by atoms with Crippen LogP contribution in [0.3, 0.4) is 0 Å². The monoisotopic (exact) mass is 307 g/mol. The molecule has 0 spiro atoms. The van der Waals surface area contributed by atoms with Crippen molar-refractivity contribution in [1.29, 1.82) is 0 Å². The first kappa shape index (κ1) is 15.0. The molecule has 0 saturated carbocycles. The number of rotatable bonds is 6. The van der Waals surface area contributed by atoms with Crippen molar-refractivity contribution in [2.45, 2.75) is 17.9 Å². The van der Waals surface area contributed by atoms with E-state index in [4.69, 9.17) is 5.73 Å². The molecule has 0 bridgehead atoms. The fourth-order valence-electron chi connectivity index (χ4n) is 1.54. The number of nitrogens with zero attached hydrogens (tertiary/aromatic N) is 1. The number of carbonyl (C=O) groups is 1. The Bertz CT molecular complexity index is 555. The summed E-state index contributed by atoms with van der Waals surface area (Å²) < 4.78 is 0. The van der Waals surface area contributed by atoms with Gasteiger partial charge in [-0.25, -0.2) is 4.98 Å². The molecule has 1 aromatic heterocycles. The quantitative estimate of drug-likeness (QED) is 0.636. The molecule has 0 aliphatic carbocycles. The van der Waals surface area contributed by atoms with Crippen LogP contribution >= 0.6 is 23.1 Å². The van der Waals surface area contributed by atoms with Gasteiger partial charge >= 0.3 is 0 Å². The molecule has 0 saturated heterocycles. The maximum atomic E-state index is 11.9. The van der Waals surface area contributed by atoms with Crippen LogP contribution < -0.4 is 11.1 Å². The smallest absolute Gasteiger partial charge is 0.270 e. The van der Waals surface area contributed by atoms with Gasteiger partial charge in [-0.05, 0) is 19.1 Å². The lowest BCUT2D eigenvalue weighted by Crippen LogP contribution is -2.26. The SMILES string of the molecule is CC(N)c1nc(C(=O)NCCSc2ccccc2)cs1. The molecule has 4 nitrogen and oxygen atoms in total. The lowest BCUT2D eigenvalue weighted by atomic mass is 10.4. The van der Waals surface area contributed by atoms with E-state index in [1.165, 1.54) is 16.2 Å². The van der Waals surface area contributed by atoms with Gasteiger partial charge in [0.15, 0.2) is 0 Å². The average molecular weight is 307 g/mol. The van der Waals surface area contributed by atoms with Crippen LogP contribution in [0.5, 0.6) is 0 Å². The largest absolute Gasteiger partial charge is 0.350 e. The minimum Gasteiger partial charge on any atom is -0.350 e. The van der Waals surface area contributed by atoms with Gasteiger partial charge in [-0.3, -0.25) is 4.79 Å². The van der Waals surface area contributed by atoms with E-state index < -0.39 is 0 Å². The predicted octanol–water partition coefficient (Wildman–Crippen LogP) is 2.68. The standard InChI is InChI=1S/C14H17N3OS2/c1-10(15)14-17-12(9-20-14)13(18)16-7-8-19-11-5-3-2-4-6-11/h2-6,9-10H,7-8,15H2,1H3,(H,16,18). The van der Waals surface area contributed by atoms with Crippen molar-refractivity contribution < 1.29 is 4.79 Å². The molecule has 1 heterocycles. The second kappa shape index (κ2) is 7.42. The molecule has 0 aliphatic heterocycles. The van der Waals surface area contributed by atoms with Crippen LogP contribution in [0.1, 0.15) is 28.5 Å². The summed E-state index contributed by atoms with van der Waals surface area (Å²) in [7, 11) is 0. The first-order valence-corrected chi connectivity index (χ1v) is 8.20. The van der Waals surface area contributed by atoms with E-state index in [1.54, 1.807) is 17.1 Å². The minimum absolute atomic E-state index is 0.129. The molecule has 1 atom stereocenters. The summed E-state index contributed by atoms with van der Waals surface area (Å²) in [4.78, 5) is 17.3. The van der Waals surface area contributed by atoms with Crippen LogP contribution in [0.4, 0.5) is 0 Å². The van der Waals surface area contributed by atoms with E-state index >= 15 is 0 Å². The van der Waals surface area contributed by atoms with Crippen LogP contribution in [0.25, 0.3) is 0 Å². The number of aromatic nitrogens is 1. The maximum Gasteiger partial charge on any atom is 0.270 e. The topological polar surface area (TPSA) is 68.0 Å². The molecule has 1 aromatic carbocycles. The summed E-state index contributed by atoms with van der Waals surface area (Å²) in [6.07, 6.45) is 0. The number of benzene rings is 1. The third-order valence-corrected chi connectivity index (χ3v) is 4.60. The van der Waals surface area contributed by atoms with Crippen molar-refractivity contribution in [3.63, 3.8) is 0 Å². The Labute approximate surface area is 126 Å². The van der Waals surface area contributed by atoms with Crippen molar-refractivity contribution in [2.75, 3.05) is 12.3 Å². The molecule has 0 aliphatic rings. The molecular weight excluding hydrogens is 290 g/mol. The van der Waals surface area contributed by atoms with Crippen molar-refractivity contribution >= 4 is 29.0 Å². The number of thioether (sulfide) groups is 1. The Kier molecular flexibility index (Phi) is 5.58. The molecular formula is C14H17N3OS2. The van der Waals surface area contributed by atoms with Gasteiger partial charge in [-0.15, -0.1) is 23.1 Å². The number of nitrogens with one attached hydrogen (secondary N) is 1.